The molecule has 0 radical (unpaired) electrons. The molecule has 0 saturated heterocycles. The number of halogens is 6. The molecular weight excluding hydrogens is 292 g/mol. The van der Waals surface area contributed by atoms with Gasteiger partial charge in [-0.15, -0.1) is 0 Å². The van der Waals surface area contributed by atoms with Crippen LogP contribution in [0.3, 0.4) is 0 Å². The van der Waals surface area contributed by atoms with Gasteiger partial charge in [-0.3, -0.25) is 0 Å². The molecule has 0 aliphatic carbocycles. The lowest BCUT2D eigenvalue weighted by Gasteiger charge is -2.10. The lowest BCUT2D eigenvalue weighted by atomic mass is 10.2. The van der Waals surface area contributed by atoms with Gasteiger partial charge in [0.25, 0.3) is 0 Å². The second-order valence-corrected chi connectivity index (χ2v) is 3.80. The number of benzene rings is 1. The predicted molar refractivity (Wildman–Crippen MR) is 49.2 cm³/mol. The summed E-state index contributed by atoms with van der Waals surface area (Å²) in [7, 11) is 0. The highest BCUT2D eigenvalue weighted by Gasteiger charge is 2.34. The molecule has 0 aliphatic heterocycles. The average Bonchev–Trinajstić information content (AvgIpc) is 1.98. The Morgan fingerprint density at radius 3 is 2.15 bits per heavy atom. The highest BCUT2D eigenvalue weighted by Crippen LogP contribution is 2.40. The lowest BCUT2D eigenvalue weighted by Crippen LogP contribution is -2.05. The molecular formula is C7H2BrCl2F3. The Morgan fingerprint density at radius 2 is 1.69 bits per heavy atom. The largest absolute Gasteiger partial charge is 0.417 e. The highest BCUT2D eigenvalue weighted by molar-refractivity contribution is 9.10. The number of alkyl halides is 3. The van der Waals surface area contributed by atoms with Gasteiger partial charge in [0.05, 0.1) is 15.6 Å². The van der Waals surface area contributed by atoms with Crippen LogP contribution in [-0.2, 0) is 6.18 Å². The van der Waals surface area contributed by atoms with Crippen LogP contribution in [0.4, 0.5) is 13.2 Å². The first-order chi connectivity index (χ1) is 5.84. The van der Waals surface area contributed by atoms with Gasteiger partial charge in [-0.25, -0.2) is 0 Å². The first-order valence-electron chi connectivity index (χ1n) is 3.04. The Morgan fingerprint density at radius 1 is 1.15 bits per heavy atom. The van der Waals surface area contributed by atoms with Crippen molar-refractivity contribution in [1.82, 2.24) is 0 Å². The van der Waals surface area contributed by atoms with Crippen LogP contribution in [-0.4, -0.2) is 0 Å². The van der Waals surface area contributed by atoms with Gasteiger partial charge in [0.1, 0.15) is 0 Å². The maximum atomic E-state index is 12.2. The van der Waals surface area contributed by atoms with E-state index >= 15 is 0 Å². The molecule has 1 rings (SSSR count). The Hall–Kier alpha value is 0.0700. The second kappa shape index (κ2) is 3.67. The maximum Gasteiger partial charge on any atom is 0.417 e. The topological polar surface area (TPSA) is 0 Å². The van der Waals surface area contributed by atoms with Crippen molar-refractivity contribution in [3.8, 4) is 0 Å². The van der Waals surface area contributed by atoms with Crippen LogP contribution >= 0.6 is 39.1 Å². The standard InChI is InChI=1S/C7H2BrCl2F3/c8-5-3(7(11,12)13)1-2-4(9)6(5)10/h1-2H. The van der Waals surface area contributed by atoms with Crippen LogP contribution < -0.4 is 0 Å². The number of hydrogen-bond donors (Lipinski definition) is 0. The molecule has 0 nitrogen and oxygen atoms in total. The van der Waals surface area contributed by atoms with E-state index in [2.05, 4.69) is 15.9 Å². The molecule has 0 heterocycles. The second-order valence-electron chi connectivity index (χ2n) is 2.22. The van der Waals surface area contributed by atoms with Gasteiger partial charge >= 0.3 is 6.18 Å². The zero-order valence-corrected chi connectivity index (χ0v) is 9.02. The zero-order chi connectivity index (χ0) is 10.2. The Kier molecular flexibility index (Phi) is 3.15. The molecule has 1 aromatic rings. The summed E-state index contributed by atoms with van der Waals surface area (Å²) in [4.78, 5) is 0. The van der Waals surface area contributed by atoms with Crippen molar-refractivity contribution >= 4 is 39.1 Å². The summed E-state index contributed by atoms with van der Waals surface area (Å²) in [6.07, 6.45) is -4.42. The van der Waals surface area contributed by atoms with E-state index in [1.807, 2.05) is 0 Å². The molecule has 0 aliphatic rings. The zero-order valence-electron chi connectivity index (χ0n) is 5.92. The van der Waals surface area contributed by atoms with Crippen LogP contribution in [0, 0.1) is 0 Å². The average molecular weight is 294 g/mol. The Bertz CT molecular complexity index is 335. The van der Waals surface area contributed by atoms with Gasteiger partial charge in [0.2, 0.25) is 0 Å². The minimum absolute atomic E-state index is 0.0848. The first kappa shape index (κ1) is 11.1. The molecule has 0 unspecified atom stereocenters. The van der Waals surface area contributed by atoms with E-state index in [9.17, 15) is 13.2 Å². The van der Waals surface area contributed by atoms with Crippen LogP contribution in [0.25, 0.3) is 0 Å². The monoisotopic (exact) mass is 292 g/mol. The van der Waals surface area contributed by atoms with Crippen molar-refractivity contribution < 1.29 is 13.2 Å². The van der Waals surface area contributed by atoms with E-state index in [0.29, 0.717) is 0 Å². The van der Waals surface area contributed by atoms with Crippen molar-refractivity contribution in [3.05, 3.63) is 32.2 Å². The minimum atomic E-state index is -4.42. The predicted octanol–water partition coefficient (Wildman–Crippen LogP) is 4.77. The van der Waals surface area contributed by atoms with E-state index < -0.39 is 11.7 Å². The summed E-state index contributed by atoms with van der Waals surface area (Å²) in [6.45, 7) is 0. The fourth-order valence-electron chi connectivity index (χ4n) is 0.745. The summed E-state index contributed by atoms with van der Waals surface area (Å²) in [5.74, 6) is 0. The maximum absolute atomic E-state index is 12.2. The lowest BCUT2D eigenvalue weighted by molar-refractivity contribution is -0.138. The smallest absolute Gasteiger partial charge is 0.166 e. The van der Waals surface area contributed by atoms with Gasteiger partial charge < -0.3 is 0 Å². The quantitative estimate of drug-likeness (QED) is 0.604. The minimum Gasteiger partial charge on any atom is -0.166 e. The summed E-state index contributed by atoms with van der Waals surface area (Å²) >= 11 is 13.7. The van der Waals surface area contributed by atoms with E-state index in [0.717, 1.165) is 12.1 Å². The van der Waals surface area contributed by atoms with E-state index in [1.165, 1.54) is 0 Å². The van der Waals surface area contributed by atoms with Gasteiger partial charge in [-0.05, 0) is 28.1 Å². The third-order valence-electron chi connectivity index (χ3n) is 1.34. The number of hydrogen-bond acceptors (Lipinski definition) is 0. The van der Waals surface area contributed by atoms with Crippen molar-refractivity contribution in [3.63, 3.8) is 0 Å². The van der Waals surface area contributed by atoms with E-state index in [-0.39, 0.29) is 14.5 Å². The molecule has 0 fully saturated rings. The molecule has 0 N–H and O–H groups in total. The van der Waals surface area contributed by atoms with Crippen LogP contribution in [0.15, 0.2) is 16.6 Å². The third kappa shape index (κ3) is 2.30. The SMILES string of the molecule is FC(F)(F)c1ccc(Cl)c(Cl)c1Br. The molecule has 0 amide bonds. The fraction of sp³-hybridized carbons (Fsp3) is 0.143. The van der Waals surface area contributed by atoms with Gasteiger partial charge in [-0.1, -0.05) is 23.2 Å². The van der Waals surface area contributed by atoms with Gasteiger partial charge in [0, 0.05) is 4.47 Å². The Balaban J connectivity index is 3.35. The molecule has 1 aromatic carbocycles. The molecule has 13 heavy (non-hydrogen) atoms. The summed E-state index contributed by atoms with van der Waals surface area (Å²) in [6, 6.07) is 1.98. The van der Waals surface area contributed by atoms with Crippen LogP contribution in [0.5, 0.6) is 0 Å². The summed E-state index contributed by atoms with van der Waals surface area (Å²) in [5.41, 5.74) is -0.832. The van der Waals surface area contributed by atoms with E-state index in [4.69, 9.17) is 23.2 Å². The van der Waals surface area contributed by atoms with Crippen LogP contribution in [0.2, 0.25) is 10.0 Å². The Labute approximate surface area is 90.8 Å². The van der Waals surface area contributed by atoms with E-state index in [1.54, 1.807) is 0 Å². The fourth-order valence-corrected chi connectivity index (χ4v) is 1.75. The molecule has 0 aromatic heterocycles. The molecule has 0 spiro atoms. The van der Waals surface area contributed by atoms with Gasteiger partial charge in [-0.2, -0.15) is 13.2 Å². The normalized spacial score (nSPS) is 11.8. The molecule has 0 atom stereocenters. The van der Waals surface area contributed by atoms with Crippen molar-refractivity contribution in [2.24, 2.45) is 0 Å². The van der Waals surface area contributed by atoms with Crippen molar-refractivity contribution in [1.29, 1.82) is 0 Å². The molecule has 6 heteroatoms. The summed E-state index contributed by atoms with van der Waals surface area (Å²) < 4.78 is 36.5. The third-order valence-corrected chi connectivity index (χ3v) is 3.20. The van der Waals surface area contributed by atoms with Crippen molar-refractivity contribution in [2.75, 3.05) is 0 Å². The van der Waals surface area contributed by atoms with Crippen molar-refractivity contribution in [2.45, 2.75) is 6.18 Å². The molecule has 0 saturated carbocycles. The number of rotatable bonds is 0. The van der Waals surface area contributed by atoms with Gasteiger partial charge in [0.15, 0.2) is 0 Å². The molecule has 0 bridgehead atoms. The molecule has 72 valence electrons. The van der Waals surface area contributed by atoms with Crippen LogP contribution in [0.1, 0.15) is 5.56 Å². The highest BCUT2D eigenvalue weighted by atomic mass is 79.9. The first-order valence-corrected chi connectivity index (χ1v) is 4.59. The summed E-state index contributed by atoms with van der Waals surface area (Å²) in [5, 5.41) is -0.0435.